The first-order chi connectivity index (χ1) is 9.31. The summed E-state index contributed by atoms with van der Waals surface area (Å²) in [6, 6.07) is 7.56. The standard InChI is InChI=1S/C16H19F2NS/c1-16(2,3)14-6-5-13(20-14)15(19-4)10-7-11(17)9-12(18)8-10/h5-9,15,19H,1-4H3. The van der Waals surface area contributed by atoms with Crippen molar-refractivity contribution < 1.29 is 8.78 Å². The van der Waals surface area contributed by atoms with Crippen molar-refractivity contribution in [3.05, 3.63) is 57.3 Å². The van der Waals surface area contributed by atoms with Crippen LogP contribution in [0.15, 0.2) is 30.3 Å². The van der Waals surface area contributed by atoms with Gasteiger partial charge in [0, 0.05) is 15.8 Å². The van der Waals surface area contributed by atoms with Gasteiger partial charge in [0.25, 0.3) is 0 Å². The van der Waals surface area contributed by atoms with Gasteiger partial charge in [0.15, 0.2) is 0 Å². The molecule has 1 nitrogen and oxygen atoms in total. The van der Waals surface area contributed by atoms with E-state index in [9.17, 15) is 8.78 Å². The topological polar surface area (TPSA) is 12.0 Å². The maximum Gasteiger partial charge on any atom is 0.126 e. The molecule has 0 saturated carbocycles. The molecule has 20 heavy (non-hydrogen) atoms. The monoisotopic (exact) mass is 295 g/mol. The van der Waals surface area contributed by atoms with Gasteiger partial charge in [-0.25, -0.2) is 8.78 Å². The third kappa shape index (κ3) is 3.25. The lowest BCUT2D eigenvalue weighted by Crippen LogP contribution is -2.17. The van der Waals surface area contributed by atoms with Crippen LogP contribution in [0.25, 0.3) is 0 Å². The Bertz CT molecular complexity index is 579. The van der Waals surface area contributed by atoms with E-state index in [1.54, 1.807) is 18.4 Å². The summed E-state index contributed by atoms with van der Waals surface area (Å²) >= 11 is 1.67. The molecule has 2 rings (SSSR count). The van der Waals surface area contributed by atoms with Crippen LogP contribution < -0.4 is 5.32 Å². The Hall–Kier alpha value is -1.26. The van der Waals surface area contributed by atoms with Crippen molar-refractivity contribution in [1.29, 1.82) is 0 Å². The molecule has 1 heterocycles. The van der Waals surface area contributed by atoms with E-state index in [4.69, 9.17) is 0 Å². The third-order valence-corrected chi connectivity index (χ3v) is 4.73. The van der Waals surface area contributed by atoms with E-state index in [1.807, 2.05) is 6.07 Å². The molecule has 0 fully saturated rings. The van der Waals surface area contributed by atoms with Gasteiger partial charge in [0.05, 0.1) is 6.04 Å². The highest BCUT2D eigenvalue weighted by Gasteiger charge is 2.20. The summed E-state index contributed by atoms with van der Waals surface area (Å²) in [5, 5.41) is 3.13. The number of benzene rings is 1. The first-order valence-electron chi connectivity index (χ1n) is 6.54. The molecule has 0 aliphatic carbocycles. The summed E-state index contributed by atoms with van der Waals surface area (Å²) in [4.78, 5) is 2.31. The number of thiophene rings is 1. The van der Waals surface area contributed by atoms with Crippen molar-refractivity contribution in [3.63, 3.8) is 0 Å². The molecule has 1 aromatic carbocycles. The van der Waals surface area contributed by atoms with Gasteiger partial charge in [-0.05, 0) is 42.3 Å². The van der Waals surface area contributed by atoms with Gasteiger partial charge in [-0.15, -0.1) is 11.3 Å². The van der Waals surface area contributed by atoms with Gasteiger partial charge in [-0.1, -0.05) is 20.8 Å². The average molecular weight is 295 g/mol. The maximum atomic E-state index is 13.4. The Balaban J connectivity index is 2.39. The fraction of sp³-hybridized carbons (Fsp3) is 0.375. The van der Waals surface area contributed by atoms with Gasteiger partial charge in [-0.2, -0.15) is 0 Å². The number of hydrogen-bond donors (Lipinski definition) is 1. The summed E-state index contributed by atoms with van der Waals surface area (Å²) in [7, 11) is 1.80. The zero-order valence-electron chi connectivity index (χ0n) is 12.1. The van der Waals surface area contributed by atoms with E-state index in [2.05, 4.69) is 32.2 Å². The summed E-state index contributed by atoms with van der Waals surface area (Å²) in [6.45, 7) is 6.45. The minimum absolute atomic E-state index is 0.0778. The molecular formula is C16H19F2NS. The second-order valence-electron chi connectivity index (χ2n) is 5.88. The Morgan fingerprint density at radius 3 is 2.10 bits per heavy atom. The fourth-order valence-electron chi connectivity index (χ4n) is 2.13. The van der Waals surface area contributed by atoms with E-state index >= 15 is 0 Å². The van der Waals surface area contributed by atoms with E-state index in [0.717, 1.165) is 10.9 Å². The predicted molar refractivity (Wildman–Crippen MR) is 80.3 cm³/mol. The molecule has 0 spiro atoms. The molecule has 1 unspecified atom stereocenters. The summed E-state index contributed by atoms with van der Waals surface area (Å²) in [6.07, 6.45) is 0. The Labute approximate surface area is 122 Å². The number of halogens is 2. The highest BCUT2D eigenvalue weighted by molar-refractivity contribution is 7.12. The van der Waals surface area contributed by atoms with Crippen LogP contribution in [-0.4, -0.2) is 7.05 Å². The van der Waals surface area contributed by atoms with Gasteiger partial charge >= 0.3 is 0 Å². The van der Waals surface area contributed by atoms with Crippen LogP contribution in [0, 0.1) is 11.6 Å². The molecule has 1 aromatic heterocycles. The van der Waals surface area contributed by atoms with E-state index in [1.165, 1.54) is 17.0 Å². The summed E-state index contributed by atoms with van der Waals surface area (Å²) in [5.74, 6) is -1.10. The van der Waals surface area contributed by atoms with Crippen molar-refractivity contribution in [3.8, 4) is 0 Å². The Morgan fingerprint density at radius 1 is 1.05 bits per heavy atom. The van der Waals surface area contributed by atoms with Gasteiger partial charge in [-0.3, -0.25) is 0 Å². The van der Waals surface area contributed by atoms with E-state index in [0.29, 0.717) is 5.56 Å². The summed E-state index contributed by atoms with van der Waals surface area (Å²) < 4.78 is 26.7. The van der Waals surface area contributed by atoms with E-state index in [-0.39, 0.29) is 11.5 Å². The minimum atomic E-state index is -0.548. The SMILES string of the molecule is CNC(c1cc(F)cc(F)c1)c1ccc(C(C)(C)C)s1. The first-order valence-corrected chi connectivity index (χ1v) is 7.36. The summed E-state index contributed by atoms with van der Waals surface area (Å²) in [5.41, 5.74) is 0.682. The molecule has 1 atom stereocenters. The molecule has 1 N–H and O–H groups in total. The molecule has 4 heteroatoms. The minimum Gasteiger partial charge on any atom is -0.309 e. The molecule has 0 bridgehead atoms. The largest absolute Gasteiger partial charge is 0.309 e. The Kier molecular flexibility index (Phi) is 4.25. The molecule has 0 saturated heterocycles. The molecular weight excluding hydrogens is 276 g/mol. The van der Waals surface area contributed by atoms with Crippen molar-refractivity contribution in [1.82, 2.24) is 5.32 Å². The van der Waals surface area contributed by atoms with Crippen molar-refractivity contribution >= 4 is 11.3 Å². The normalized spacial score (nSPS) is 13.5. The zero-order chi connectivity index (χ0) is 14.9. The molecule has 2 aromatic rings. The van der Waals surface area contributed by atoms with Gasteiger partial charge < -0.3 is 5.32 Å². The van der Waals surface area contributed by atoms with Crippen LogP contribution in [0.3, 0.4) is 0 Å². The van der Waals surface area contributed by atoms with Gasteiger partial charge in [0.2, 0.25) is 0 Å². The zero-order valence-corrected chi connectivity index (χ0v) is 12.9. The lowest BCUT2D eigenvalue weighted by Gasteiger charge is -2.17. The number of rotatable bonds is 3. The quantitative estimate of drug-likeness (QED) is 0.870. The highest BCUT2D eigenvalue weighted by atomic mass is 32.1. The molecule has 0 amide bonds. The first kappa shape index (κ1) is 15.1. The van der Waals surface area contributed by atoms with E-state index < -0.39 is 11.6 Å². The molecule has 108 valence electrons. The lowest BCUT2D eigenvalue weighted by molar-refractivity contribution is 0.572. The molecule has 0 radical (unpaired) electrons. The van der Waals surface area contributed by atoms with Crippen molar-refractivity contribution in [2.75, 3.05) is 7.05 Å². The fourth-order valence-corrected chi connectivity index (χ4v) is 3.33. The highest BCUT2D eigenvalue weighted by Crippen LogP contribution is 2.34. The van der Waals surface area contributed by atoms with Crippen LogP contribution in [0.1, 0.15) is 42.1 Å². The molecule has 0 aliphatic rings. The number of nitrogens with one attached hydrogen (secondary N) is 1. The van der Waals surface area contributed by atoms with Crippen LogP contribution in [0.4, 0.5) is 8.78 Å². The van der Waals surface area contributed by atoms with Crippen molar-refractivity contribution in [2.24, 2.45) is 0 Å². The second-order valence-corrected chi connectivity index (χ2v) is 6.99. The van der Waals surface area contributed by atoms with Crippen molar-refractivity contribution in [2.45, 2.75) is 32.2 Å². The smallest absolute Gasteiger partial charge is 0.126 e. The number of hydrogen-bond acceptors (Lipinski definition) is 2. The maximum absolute atomic E-state index is 13.4. The average Bonchev–Trinajstić information content (AvgIpc) is 2.77. The Morgan fingerprint density at radius 2 is 1.65 bits per heavy atom. The van der Waals surface area contributed by atoms with Crippen LogP contribution in [0.2, 0.25) is 0 Å². The third-order valence-electron chi connectivity index (χ3n) is 3.16. The molecule has 0 aliphatic heterocycles. The lowest BCUT2D eigenvalue weighted by atomic mass is 9.95. The van der Waals surface area contributed by atoms with Crippen LogP contribution in [-0.2, 0) is 5.41 Å². The predicted octanol–water partition coefficient (Wildman–Crippen LogP) is 4.63. The van der Waals surface area contributed by atoms with Crippen LogP contribution >= 0.6 is 11.3 Å². The van der Waals surface area contributed by atoms with Gasteiger partial charge in [0.1, 0.15) is 11.6 Å². The second kappa shape index (κ2) is 5.62. The van der Waals surface area contributed by atoms with Crippen LogP contribution in [0.5, 0.6) is 0 Å².